The molecule has 0 heterocycles. The molecule has 0 N–H and O–H groups in total. The van der Waals surface area contributed by atoms with Gasteiger partial charge in [0.2, 0.25) is 0 Å². The van der Waals surface area contributed by atoms with Gasteiger partial charge in [0.25, 0.3) is 0 Å². The van der Waals surface area contributed by atoms with E-state index in [9.17, 15) is 28.8 Å². The molecule has 0 spiro atoms. The molecule has 4 atom stereocenters. The number of ketones is 4. The topological polar surface area (TPSA) is 139 Å². The van der Waals surface area contributed by atoms with Crippen LogP contribution in [0.3, 0.4) is 0 Å². The maximum absolute atomic E-state index is 13.1. The van der Waals surface area contributed by atoms with Gasteiger partial charge in [-0.05, 0) is 94.5 Å². The van der Waals surface area contributed by atoms with Gasteiger partial charge in [-0.3, -0.25) is 28.8 Å². The van der Waals surface area contributed by atoms with Crippen molar-refractivity contribution in [1.82, 2.24) is 0 Å². The van der Waals surface area contributed by atoms with Gasteiger partial charge in [-0.1, -0.05) is 128 Å². The van der Waals surface area contributed by atoms with E-state index in [2.05, 4.69) is 27.7 Å². The molecule has 2 unspecified atom stereocenters. The lowest BCUT2D eigenvalue weighted by atomic mass is 9.90. The van der Waals surface area contributed by atoms with Crippen molar-refractivity contribution in [2.24, 2.45) is 23.7 Å². The van der Waals surface area contributed by atoms with Crippen LogP contribution in [0.5, 0.6) is 23.0 Å². The molecule has 0 aliphatic carbocycles. The van der Waals surface area contributed by atoms with E-state index in [1.54, 1.807) is 50.2 Å². The first-order valence-corrected chi connectivity index (χ1v) is 22.3. The molecule has 0 fully saturated rings. The van der Waals surface area contributed by atoms with Crippen molar-refractivity contribution in [3.8, 4) is 23.0 Å². The monoisotopic (exact) mass is 884 g/mol. The number of allylic oxidation sites excluding steroid dienone is 2. The Bertz CT molecular complexity index is 2190. The molecule has 0 aliphatic heterocycles. The molecular weight excluding hydrogens is 821 g/mol. The Morgan fingerprint density at radius 2 is 0.831 bits per heavy atom. The number of methoxy groups -OCH3 is 2. The Morgan fingerprint density at radius 3 is 1.15 bits per heavy atom. The predicted molar refractivity (Wildman–Crippen MR) is 254 cm³/mol. The highest BCUT2D eigenvalue weighted by Gasteiger charge is 2.26. The average molecular weight is 885 g/mol. The molecule has 0 radical (unpaired) electrons. The summed E-state index contributed by atoms with van der Waals surface area (Å²) >= 11 is 0. The molecule has 65 heavy (non-hydrogen) atoms. The summed E-state index contributed by atoms with van der Waals surface area (Å²) < 4.78 is 22.1. The van der Waals surface area contributed by atoms with E-state index in [1.807, 2.05) is 62.4 Å². The molecule has 0 bridgehead atoms. The van der Waals surface area contributed by atoms with E-state index < -0.39 is 35.3 Å². The van der Waals surface area contributed by atoms with Crippen molar-refractivity contribution >= 4 is 47.2 Å². The zero-order chi connectivity index (χ0) is 47.8. The zero-order valence-corrected chi connectivity index (χ0v) is 39.5. The third-order valence-corrected chi connectivity index (χ3v) is 11.1. The molecule has 0 amide bonds. The minimum absolute atomic E-state index is 0.0182. The van der Waals surface area contributed by atoms with Crippen LogP contribution < -0.4 is 18.9 Å². The van der Waals surface area contributed by atoms with Crippen LogP contribution in [0.4, 0.5) is 0 Å². The first kappa shape index (κ1) is 51.2. The molecule has 0 aromatic heterocycles. The average Bonchev–Trinajstić information content (AvgIpc) is 3.27. The minimum atomic E-state index is -0.693. The molecule has 344 valence electrons. The third-order valence-electron chi connectivity index (χ3n) is 11.1. The Balaban J connectivity index is 1.26. The summed E-state index contributed by atoms with van der Waals surface area (Å²) in [6.45, 7) is 15.6. The van der Waals surface area contributed by atoms with Crippen LogP contribution in [0, 0.1) is 23.7 Å². The van der Waals surface area contributed by atoms with Crippen molar-refractivity contribution < 1.29 is 47.7 Å². The second-order valence-electron chi connectivity index (χ2n) is 17.7. The summed E-state index contributed by atoms with van der Waals surface area (Å²) in [6.07, 6.45) is 7.20. The van der Waals surface area contributed by atoms with Crippen LogP contribution in [0.2, 0.25) is 0 Å². The summed E-state index contributed by atoms with van der Waals surface area (Å²) in [5, 5.41) is 0. The van der Waals surface area contributed by atoms with E-state index >= 15 is 0 Å². The molecule has 4 aromatic rings. The minimum Gasteiger partial charge on any atom is -0.493 e. The lowest BCUT2D eigenvalue weighted by molar-refractivity contribution is -0.141. The molecule has 4 rings (SSSR count). The first-order chi connectivity index (χ1) is 30.9. The number of Topliss-reactive ketones (excluding diaryl/α,β-unsaturated/α-hetero) is 2. The quantitative estimate of drug-likeness (QED) is 0.0289. The smallest absolute Gasteiger partial charge is 0.314 e. The van der Waals surface area contributed by atoms with Gasteiger partial charge < -0.3 is 18.9 Å². The molecule has 10 nitrogen and oxygen atoms in total. The largest absolute Gasteiger partial charge is 0.493 e. The Labute approximate surface area is 384 Å². The van der Waals surface area contributed by atoms with Crippen LogP contribution in [0.15, 0.2) is 97.1 Å². The standard InChI is InChI=1S/C55H64O10/c1-34(2)27-40-11-19-44(20-12-40)38(7)48(58)29-36(5)54(60)64-50-25-17-42(31-52(50)62-9)15-23-46(56)33-47(57)24-16-43-18-26-51(53(32-43)63-10)65-55(61)37(6)30-49(59)39(8)45-21-13-41(14-22-45)28-35(3)4/h11-26,31-32,34-39H,27-30,33H2,1-10H3/b23-15+,24-16+/t36-,37-,38?,39?/m1/s1. The molecular formula is C55H64O10. The zero-order valence-electron chi connectivity index (χ0n) is 39.5. The van der Waals surface area contributed by atoms with Gasteiger partial charge in [-0.25, -0.2) is 0 Å². The van der Waals surface area contributed by atoms with Gasteiger partial charge in [-0.15, -0.1) is 0 Å². The highest BCUT2D eigenvalue weighted by Crippen LogP contribution is 2.32. The number of hydrogen-bond donors (Lipinski definition) is 0. The van der Waals surface area contributed by atoms with Gasteiger partial charge in [0.1, 0.15) is 11.6 Å². The van der Waals surface area contributed by atoms with E-state index in [1.165, 1.54) is 49.7 Å². The fraction of sp³-hybridized carbons (Fsp3) is 0.382. The highest BCUT2D eigenvalue weighted by molar-refractivity contribution is 6.11. The molecule has 0 saturated carbocycles. The Hall–Kier alpha value is -6.42. The van der Waals surface area contributed by atoms with Gasteiger partial charge in [0.15, 0.2) is 34.6 Å². The van der Waals surface area contributed by atoms with Crippen LogP contribution in [0.1, 0.15) is 120 Å². The lowest BCUT2D eigenvalue weighted by Gasteiger charge is -2.16. The molecule has 10 heteroatoms. The van der Waals surface area contributed by atoms with Gasteiger partial charge in [0, 0.05) is 24.7 Å². The second kappa shape index (κ2) is 24.6. The summed E-state index contributed by atoms with van der Waals surface area (Å²) in [4.78, 5) is 77.7. The maximum atomic E-state index is 13.1. The highest BCUT2D eigenvalue weighted by atomic mass is 16.6. The second-order valence-corrected chi connectivity index (χ2v) is 17.7. The van der Waals surface area contributed by atoms with Crippen molar-refractivity contribution in [1.29, 1.82) is 0 Å². The summed E-state index contributed by atoms with van der Waals surface area (Å²) in [5.74, 6) is -2.34. The van der Waals surface area contributed by atoms with Gasteiger partial charge >= 0.3 is 11.9 Å². The fourth-order valence-corrected chi connectivity index (χ4v) is 7.15. The van der Waals surface area contributed by atoms with Crippen molar-refractivity contribution in [2.45, 2.75) is 99.3 Å². The fourth-order valence-electron chi connectivity index (χ4n) is 7.15. The summed E-state index contributed by atoms with van der Waals surface area (Å²) in [7, 11) is 2.85. The van der Waals surface area contributed by atoms with E-state index in [4.69, 9.17) is 18.9 Å². The van der Waals surface area contributed by atoms with Crippen molar-refractivity contribution in [3.63, 3.8) is 0 Å². The Kier molecular flexibility index (Phi) is 19.4. The number of carbonyl (C=O) groups excluding carboxylic acids is 6. The van der Waals surface area contributed by atoms with Gasteiger partial charge in [0.05, 0.1) is 32.5 Å². The van der Waals surface area contributed by atoms with Crippen LogP contribution >= 0.6 is 0 Å². The number of ether oxygens (including phenoxy) is 4. The molecule has 0 saturated heterocycles. The number of rotatable bonds is 24. The third kappa shape index (κ3) is 16.0. The lowest BCUT2D eigenvalue weighted by Crippen LogP contribution is -2.23. The van der Waals surface area contributed by atoms with E-state index in [0.717, 1.165) is 24.0 Å². The molecule has 0 aliphatic rings. The van der Waals surface area contributed by atoms with Crippen molar-refractivity contribution in [2.75, 3.05) is 14.2 Å². The van der Waals surface area contributed by atoms with Crippen LogP contribution in [-0.2, 0) is 41.6 Å². The number of carbonyl (C=O) groups is 6. The summed E-state index contributed by atoms with van der Waals surface area (Å²) in [5.41, 5.74) is 5.38. The first-order valence-electron chi connectivity index (χ1n) is 22.3. The summed E-state index contributed by atoms with van der Waals surface area (Å²) in [6, 6.07) is 25.6. The SMILES string of the molecule is COc1cc(/C=C/C(=O)CC(=O)/C=C/c2ccc(OC(=O)[C@H](C)CC(=O)C(C)c3ccc(CC(C)C)cc3)c(OC)c2)ccc1OC(=O)[C@H](C)CC(=O)C(C)c1ccc(CC(C)C)cc1. The maximum Gasteiger partial charge on any atom is 0.314 e. The van der Waals surface area contributed by atoms with Gasteiger partial charge in [-0.2, -0.15) is 0 Å². The van der Waals surface area contributed by atoms with E-state index in [-0.39, 0.29) is 65.7 Å². The number of esters is 2. The van der Waals surface area contributed by atoms with Crippen LogP contribution in [-0.4, -0.2) is 49.3 Å². The Morgan fingerprint density at radius 1 is 0.477 bits per heavy atom. The van der Waals surface area contributed by atoms with Crippen LogP contribution in [0.25, 0.3) is 12.2 Å². The molecule has 4 aromatic carbocycles. The van der Waals surface area contributed by atoms with E-state index in [0.29, 0.717) is 23.0 Å². The number of benzene rings is 4. The number of hydrogen-bond acceptors (Lipinski definition) is 10. The van der Waals surface area contributed by atoms with Crippen molar-refractivity contribution in [3.05, 3.63) is 130 Å². The predicted octanol–water partition coefficient (Wildman–Crippen LogP) is 11.0. The normalized spacial score (nSPS) is 13.4.